The molecule has 0 aliphatic rings. The molecule has 0 aliphatic carbocycles. The Balaban J connectivity index is 2.47. The van der Waals surface area contributed by atoms with Gasteiger partial charge in [-0.1, -0.05) is 11.6 Å². The van der Waals surface area contributed by atoms with Crippen LogP contribution in [0.1, 0.15) is 19.3 Å². The van der Waals surface area contributed by atoms with E-state index in [1.165, 1.54) is 18.2 Å². The summed E-state index contributed by atoms with van der Waals surface area (Å²) in [5.74, 6) is 0. The summed E-state index contributed by atoms with van der Waals surface area (Å²) in [6.07, 6.45) is -4.75. The summed E-state index contributed by atoms with van der Waals surface area (Å²) >= 11 is 5.64. The summed E-state index contributed by atoms with van der Waals surface area (Å²) in [5.41, 5.74) is 0.0599. The lowest BCUT2D eigenvalue weighted by molar-refractivity contribution is -0.383. The van der Waals surface area contributed by atoms with Gasteiger partial charge in [0.1, 0.15) is 5.69 Å². The van der Waals surface area contributed by atoms with Crippen LogP contribution in [-0.2, 0) is 0 Å². The number of alkyl halides is 3. The van der Waals surface area contributed by atoms with Crippen LogP contribution in [-0.4, -0.2) is 17.6 Å². The average molecular weight is 297 g/mol. The van der Waals surface area contributed by atoms with Gasteiger partial charge in [-0.3, -0.25) is 10.1 Å². The molecule has 0 bridgehead atoms. The molecule has 0 saturated carbocycles. The van der Waals surface area contributed by atoms with E-state index in [0.29, 0.717) is 0 Å². The number of nitrogens with zero attached hydrogens (tertiary/aromatic N) is 1. The Labute approximate surface area is 112 Å². The van der Waals surface area contributed by atoms with E-state index in [1.54, 1.807) is 0 Å². The van der Waals surface area contributed by atoms with Gasteiger partial charge in [0.15, 0.2) is 0 Å². The zero-order chi connectivity index (χ0) is 14.5. The third kappa shape index (κ3) is 5.78. The topological polar surface area (TPSA) is 55.2 Å². The van der Waals surface area contributed by atoms with Gasteiger partial charge in [0, 0.05) is 24.1 Å². The van der Waals surface area contributed by atoms with E-state index in [9.17, 15) is 23.3 Å². The molecular weight excluding hydrogens is 285 g/mol. The number of hydrogen-bond acceptors (Lipinski definition) is 3. The lowest BCUT2D eigenvalue weighted by atomic mass is 10.2. The van der Waals surface area contributed by atoms with Crippen molar-refractivity contribution in [2.45, 2.75) is 25.4 Å². The van der Waals surface area contributed by atoms with E-state index < -0.39 is 17.5 Å². The highest BCUT2D eigenvalue weighted by molar-refractivity contribution is 6.30. The van der Waals surface area contributed by atoms with E-state index in [0.717, 1.165) is 0 Å². The molecule has 106 valence electrons. The maximum atomic E-state index is 11.9. The van der Waals surface area contributed by atoms with E-state index in [-0.39, 0.29) is 35.8 Å². The monoisotopic (exact) mass is 296 g/mol. The zero-order valence-electron chi connectivity index (χ0n) is 9.84. The van der Waals surface area contributed by atoms with Gasteiger partial charge in [-0.2, -0.15) is 13.2 Å². The van der Waals surface area contributed by atoms with Gasteiger partial charge in [0.25, 0.3) is 5.69 Å². The minimum Gasteiger partial charge on any atom is -0.379 e. The van der Waals surface area contributed by atoms with Crippen molar-refractivity contribution in [1.29, 1.82) is 0 Å². The Bertz CT molecular complexity index is 452. The van der Waals surface area contributed by atoms with Crippen molar-refractivity contribution < 1.29 is 18.1 Å². The van der Waals surface area contributed by atoms with Gasteiger partial charge in [0.05, 0.1) is 4.92 Å². The summed E-state index contributed by atoms with van der Waals surface area (Å²) in [6, 6.07) is 4.11. The van der Waals surface area contributed by atoms with Gasteiger partial charge in [-0.25, -0.2) is 0 Å². The second-order valence-corrected chi connectivity index (χ2v) is 4.35. The van der Waals surface area contributed by atoms with Crippen LogP contribution in [0, 0.1) is 10.1 Å². The van der Waals surface area contributed by atoms with E-state index in [4.69, 9.17) is 11.6 Å². The number of unbranched alkanes of at least 4 members (excludes halogenated alkanes) is 1. The standard InChI is InChI=1S/C11H12ClF3N2O2/c12-8-3-4-9(10(7-8)17(18)19)16-6-2-1-5-11(13,14)15/h3-4,7,16H,1-2,5-6H2. The number of halogens is 4. The fourth-order valence-corrected chi connectivity index (χ4v) is 1.65. The Morgan fingerprint density at radius 3 is 2.58 bits per heavy atom. The number of hydrogen-bond donors (Lipinski definition) is 1. The maximum absolute atomic E-state index is 11.9. The normalized spacial score (nSPS) is 11.4. The van der Waals surface area contributed by atoms with Gasteiger partial charge in [-0.15, -0.1) is 0 Å². The van der Waals surface area contributed by atoms with Crippen LogP contribution >= 0.6 is 11.6 Å². The van der Waals surface area contributed by atoms with Gasteiger partial charge in [0.2, 0.25) is 0 Å². The molecule has 0 aromatic heterocycles. The van der Waals surface area contributed by atoms with Crippen LogP contribution in [0.15, 0.2) is 18.2 Å². The Morgan fingerprint density at radius 1 is 1.32 bits per heavy atom. The van der Waals surface area contributed by atoms with Crippen molar-refractivity contribution in [3.63, 3.8) is 0 Å². The minimum atomic E-state index is -4.16. The molecule has 0 aliphatic heterocycles. The fourth-order valence-electron chi connectivity index (χ4n) is 1.48. The first-order valence-electron chi connectivity index (χ1n) is 5.54. The second kappa shape index (κ2) is 6.60. The molecule has 8 heteroatoms. The number of anilines is 1. The van der Waals surface area contributed by atoms with Crippen LogP contribution in [0.25, 0.3) is 0 Å². The first kappa shape index (κ1) is 15.6. The lowest BCUT2D eigenvalue weighted by Crippen LogP contribution is -2.09. The summed E-state index contributed by atoms with van der Waals surface area (Å²) in [7, 11) is 0. The van der Waals surface area contributed by atoms with Crippen LogP contribution in [0.5, 0.6) is 0 Å². The van der Waals surface area contributed by atoms with E-state index >= 15 is 0 Å². The molecule has 1 aromatic rings. The summed E-state index contributed by atoms with van der Waals surface area (Å²) in [5, 5.41) is 13.7. The molecule has 0 amide bonds. The molecule has 0 unspecified atom stereocenters. The number of nitro benzene ring substituents is 1. The largest absolute Gasteiger partial charge is 0.389 e. The molecule has 0 atom stereocenters. The Hall–Kier alpha value is -1.50. The van der Waals surface area contributed by atoms with Crippen molar-refractivity contribution in [3.05, 3.63) is 33.3 Å². The van der Waals surface area contributed by atoms with Crippen LogP contribution in [0.2, 0.25) is 5.02 Å². The van der Waals surface area contributed by atoms with Crippen molar-refractivity contribution in [2.24, 2.45) is 0 Å². The SMILES string of the molecule is O=[N+]([O-])c1cc(Cl)ccc1NCCCCC(F)(F)F. The van der Waals surface area contributed by atoms with Gasteiger partial charge >= 0.3 is 6.18 Å². The highest BCUT2D eigenvalue weighted by Gasteiger charge is 2.25. The van der Waals surface area contributed by atoms with Crippen LogP contribution in [0.3, 0.4) is 0 Å². The van der Waals surface area contributed by atoms with Crippen LogP contribution < -0.4 is 5.32 Å². The van der Waals surface area contributed by atoms with Crippen LogP contribution in [0.4, 0.5) is 24.5 Å². The van der Waals surface area contributed by atoms with Crippen molar-refractivity contribution in [1.82, 2.24) is 0 Å². The zero-order valence-corrected chi connectivity index (χ0v) is 10.6. The summed E-state index contributed by atoms with van der Waals surface area (Å²) in [4.78, 5) is 10.2. The molecule has 4 nitrogen and oxygen atoms in total. The smallest absolute Gasteiger partial charge is 0.379 e. The molecule has 0 radical (unpaired) electrons. The van der Waals surface area contributed by atoms with Gasteiger partial charge in [-0.05, 0) is 25.0 Å². The maximum Gasteiger partial charge on any atom is 0.389 e. The Kier molecular flexibility index (Phi) is 5.41. The fraction of sp³-hybridized carbons (Fsp3) is 0.455. The van der Waals surface area contributed by atoms with Crippen molar-refractivity contribution >= 4 is 23.0 Å². The minimum absolute atomic E-state index is 0.0160. The highest BCUT2D eigenvalue weighted by Crippen LogP contribution is 2.28. The van der Waals surface area contributed by atoms with Crippen molar-refractivity contribution in [3.8, 4) is 0 Å². The molecule has 1 N–H and O–H groups in total. The van der Waals surface area contributed by atoms with Gasteiger partial charge < -0.3 is 5.32 Å². The summed E-state index contributed by atoms with van der Waals surface area (Å²) < 4.78 is 35.7. The number of benzene rings is 1. The first-order chi connectivity index (χ1) is 8.79. The molecule has 1 rings (SSSR count). The second-order valence-electron chi connectivity index (χ2n) is 3.92. The number of nitrogens with one attached hydrogen (secondary N) is 1. The Morgan fingerprint density at radius 2 is 2.00 bits per heavy atom. The molecule has 0 spiro atoms. The van der Waals surface area contributed by atoms with E-state index in [2.05, 4.69) is 5.32 Å². The number of nitro groups is 1. The third-order valence-electron chi connectivity index (χ3n) is 2.36. The predicted molar refractivity (Wildman–Crippen MR) is 66.5 cm³/mol. The summed E-state index contributed by atoms with van der Waals surface area (Å²) in [6.45, 7) is 0.235. The van der Waals surface area contributed by atoms with Crippen molar-refractivity contribution in [2.75, 3.05) is 11.9 Å². The molecular formula is C11H12ClF3N2O2. The molecule has 0 saturated heterocycles. The third-order valence-corrected chi connectivity index (χ3v) is 2.59. The number of rotatable bonds is 6. The molecule has 1 aromatic carbocycles. The quantitative estimate of drug-likeness (QED) is 0.481. The molecule has 0 fully saturated rings. The average Bonchev–Trinajstić information content (AvgIpc) is 2.28. The lowest BCUT2D eigenvalue weighted by Gasteiger charge is -2.08. The first-order valence-corrected chi connectivity index (χ1v) is 5.92. The highest BCUT2D eigenvalue weighted by atomic mass is 35.5. The van der Waals surface area contributed by atoms with E-state index in [1.807, 2.05) is 0 Å². The molecule has 19 heavy (non-hydrogen) atoms. The molecule has 0 heterocycles. The predicted octanol–water partition coefficient (Wildman–Crippen LogP) is 4.39.